The minimum atomic E-state index is -2.76. The smallest absolute Gasteiger partial charge is 0.387 e. The highest BCUT2D eigenvalue weighted by Gasteiger charge is 2.04. The first kappa shape index (κ1) is 8.97. The number of hydrogen-bond donors (Lipinski definition) is 0. The summed E-state index contributed by atoms with van der Waals surface area (Å²) in [5.74, 6) is 0.193. The van der Waals surface area contributed by atoms with Crippen molar-refractivity contribution in [3.05, 3.63) is 29.3 Å². The number of rotatable bonds is 2. The molecule has 1 radical (unpaired) electrons. The SMILES string of the molecule is Cc1[c]c(C)cc(OC(F)F)c1. The van der Waals surface area contributed by atoms with Gasteiger partial charge in [0.25, 0.3) is 0 Å². The number of hydrogen-bond acceptors (Lipinski definition) is 1. The van der Waals surface area contributed by atoms with Gasteiger partial charge in [0.05, 0.1) is 0 Å². The molecule has 0 spiro atoms. The van der Waals surface area contributed by atoms with Crippen molar-refractivity contribution in [2.75, 3.05) is 0 Å². The van der Waals surface area contributed by atoms with E-state index in [1.54, 1.807) is 13.8 Å². The van der Waals surface area contributed by atoms with Crippen molar-refractivity contribution < 1.29 is 13.5 Å². The Labute approximate surface area is 70.0 Å². The van der Waals surface area contributed by atoms with Gasteiger partial charge in [-0.15, -0.1) is 0 Å². The average molecular weight is 171 g/mol. The summed E-state index contributed by atoms with van der Waals surface area (Å²) in [7, 11) is 0. The molecule has 0 fully saturated rings. The van der Waals surface area contributed by atoms with Crippen molar-refractivity contribution in [2.24, 2.45) is 0 Å². The summed E-state index contributed by atoms with van der Waals surface area (Å²) >= 11 is 0. The number of ether oxygens (including phenoxy) is 1. The van der Waals surface area contributed by atoms with Gasteiger partial charge < -0.3 is 4.74 Å². The molecule has 3 heteroatoms. The molecule has 0 unspecified atom stereocenters. The molecule has 0 bridgehead atoms. The van der Waals surface area contributed by atoms with Crippen LogP contribution in [0.15, 0.2) is 12.1 Å². The fourth-order valence-electron chi connectivity index (χ4n) is 1.02. The molecule has 1 nitrogen and oxygen atoms in total. The lowest BCUT2D eigenvalue weighted by Gasteiger charge is -2.05. The van der Waals surface area contributed by atoms with E-state index in [-0.39, 0.29) is 5.75 Å². The van der Waals surface area contributed by atoms with Crippen LogP contribution in [0.1, 0.15) is 11.1 Å². The Bertz CT molecular complexity index is 251. The zero-order valence-electron chi connectivity index (χ0n) is 6.90. The van der Waals surface area contributed by atoms with E-state index in [1.807, 2.05) is 0 Å². The average Bonchev–Trinajstić information content (AvgIpc) is 1.81. The van der Waals surface area contributed by atoms with Crippen LogP contribution in [0.25, 0.3) is 0 Å². The summed E-state index contributed by atoms with van der Waals surface area (Å²) in [6.45, 7) is 0.808. The predicted molar refractivity (Wildman–Crippen MR) is 41.4 cm³/mol. The van der Waals surface area contributed by atoms with Gasteiger partial charge in [0.2, 0.25) is 0 Å². The van der Waals surface area contributed by atoms with Crippen molar-refractivity contribution in [2.45, 2.75) is 20.5 Å². The maximum atomic E-state index is 11.8. The molecule has 0 heterocycles. The highest BCUT2D eigenvalue weighted by atomic mass is 19.3. The summed E-state index contributed by atoms with van der Waals surface area (Å²) in [5.41, 5.74) is 1.59. The molecule has 0 aromatic heterocycles. The highest BCUT2D eigenvalue weighted by Crippen LogP contribution is 2.17. The quantitative estimate of drug-likeness (QED) is 0.664. The van der Waals surface area contributed by atoms with Crippen LogP contribution < -0.4 is 4.74 Å². The third-order valence-corrected chi connectivity index (χ3v) is 1.34. The summed E-state index contributed by atoms with van der Waals surface area (Å²) in [6, 6.07) is 6.01. The first-order valence-corrected chi connectivity index (χ1v) is 3.53. The molecule has 0 aliphatic rings. The van der Waals surface area contributed by atoms with Crippen molar-refractivity contribution in [3.8, 4) is 5.75 Å². The summed E-state index contributed by atoms with van der Waals surface area (Å²) in [6.07, 6.45) is 0. The number of halogens is 2. The highest BCUT2D eigenvalue weighted by molar-refractivity contribution is 5.31. The number of alkyl halides is 2. The van der Waals surface area contributed by atoms with Gasteiger partial charge in [-0.3, -0.25) is 0 Å². The topological polar surface area (TPSA) is 9.23 Å². The van der Waals surface area contributed by atoms with Gasteiger partial charge in [-0.25, -0.2) is 0 Å². The maximum Gasteiger partial charge on any atom is 0.387 e. The van der Waals surface area contributed by atoms with E-state index < -0.39 is 6.61 Å². The first-order chi connectivity index (χ1) is 5.58. The molecular weight excluding hydrogens is 162 g/mol. The van der Waals surface area contributed by atoms with Crippen LogP contribution >= 0.6 is 0 Å². The summed E-state index contributed by atoms with van der Waals surface area (Å²) in [5, 5.41) is 0. The molecule has 1 aromatic carbocycles. The van der Waals surface area contributed by atoms with E-state index in [4.69, 9.17) is 0 Å². The molecule has 12 heavy (non-hydrogen) atoms. The predicted octanol–water partition coefficient (Wildman–Crippen LogP) is 2.71. The Balaban J connectivity index is 2.85. The zero-order chi connectivity index (χ0) is 9.14. The summed E-state index contributed by atoms with van der Waals surface area (Å²) in [4.78, 5) is 0. The monoisotopic (exact) mass is 171 g/mol. The molecule has 65 valence electrons. The number of benzene rings is 1. The molecule has 0 N–H and O–H groups in total. The van der Waals surface area contributed by atoms with E-state index in [0.717, 1.165) is 11.1 Å². The minimum absolute atomic E-state index is 0.193. The van der Waals surface area contributed by atoms with E-state index in [1.165, 1.54) is 12.1 Å². The Kier molecular flexibility index (Phi) is 2.63. The third-order valence-electron chi connectivity index (χ3n) is 1.34. The van der Waals surface area contributed by atoms with Crippen molar-refractivity contribution in [3.63, 3.8) is 0 Å². The van der Waals surface area contributed by atoms with E-state index >= 15 is 0 Å². The normalized spacial score (nSPS) is 10.4. The molecular formula is C9H9F2O. The van der Waals surface area contributed by atoms with E-state index in [0.29, 0.717) is 0 Å². The van der Waals surface area contributed by atoms with E-state index in [9.17, 15) is 8.78 Å². The van der Waals surface area contributed by atoms with Crippen LogP contribution in [-0.4, -0.2) is 6.61 Å². The molecule has 0 atom stereocenters. The largest absolute Gasteiger partial charge is 0.435 e. The summed E-state index contributed by atoms with van der Waals surface area (Å²) < 4.78 is 27.7. The van der Waals surface area contributed by atoms with Crippen molar-refractivity contribution >= 4 is 0 Å². The minimum Gasteiger partial charge on any atom is -0.435 e. The molecule has 0 aliphatic heterocycles. The fraction of sp³-hybridized carbons (Fsp3) is 0.333. The third kappa shape index (κ3) is 2.49. The van der Waals surface area contributed by atoms with Gasteiger partial charge in [0, 0.05) is 0 Å². The second-order valence-corrected chi connectivity index (χ2v) is 2.56. The zero-order valence-corrected chi connectivity index (χ0v) is 6.90. The van der Waals surface area contributed by atoms with Gasteiger partial charge in [-0.2, -0.15) is 8.78 Å². The lowest BCUT2D eigenvalue weighted by molar-refractivity contribution is -0.0498. The molecule has 0 saturated carbocycles. The van der Waals surface area contributed by atoms with Crippen LogP contribution in [0.2, 0.25) is 0 Å². The van der Waals surface area contributed by atoms with Crippen LogP contribution in [0.3, 0.4) is 0 Å². The van der Waals surface area contributed by atoms with Crippen LogP contribution in [0.5, 0.6) is 5.75 Å². The fourth-order valence-corrected chi connectivity index (χ4v) is 1.02. The number of aryl methyl sites for hydroxylation is 2. The lowest BCUT2D eigenvalue weighted by Crippen LogP contribution is -2.02. The standard InChI is InChI=1S/C9H9F2O/c1-6-3-7(2)5-8(4-6)12-9(10)11/h4-5,9H,1-2H3. The molecule has 0 amide bonds. The molecule has 0 saturated heterocycles. The van der Waals surface area contributed by atoms with Crippen molar-refractivity contribution in [1.82, 2.24) is 0 Å². The Morgan fingerprint density at radius 1 is 1.25 bits per heavy atom. The van der Waals surface area contributed by atoms with Gasteiger partial charge >= 0.3 is 6.61 Å². The second-order valence-electron chi connectivity index (χ2n) is 2.56. The Morgan fingerprint density at radius 3 is 2.17 bits per heavy atom. The molecule has 1 rings (SSSR count). The van der Waals surface area contributed by atoms with Crippen LogP contribution in [-0.2, 0) is 0 Å². The van der Waals surface area contributed by atoms with Crippen molar-refractivity contribution in [1.29, 1.82) is 0 Å². The molecule has 1 aromatic rings. The van der Waals surface area contributed by atoms with Crippen LogP contribution in [0, 0.1) is 19.9 Å². The lowest BCUT2D eigenvalue weighted by atomic mass is 10.1. The second kappa shape index (κ2) is 3.52. The molecule has 0 aliphatic carbocycles. The Morgan fingerprint density at radius 2 is 1.75 bits per heavy atom. The maximum absolute atomic E-state index is 11.8. The van der Waals surface area contributed by atoms with Gasteiger partial charge in [-0.1, -0.05) is 0 Å². The first-order valence-electron chi connectivity index (χ1n) is 3.53. The van der Waals surface area contributed by atoms with E-state index in [2.05, 4.69) is 10.8 Å². The van der Waals surface area contributed by atoms with Gasteiger partial charge in [0.15, 0.2) is 0 Å². The van der Waals surface area contributed by atoms with Crippen LogP contribution in [0.4, 0.5) is 8.78 Å². The Hall–Kier alpha value is -1.12. The van der Waals surface area contributed by atoms with Gasteiger partial charge in [-0.05, 0) is 43.2 Å². The van der Waals surface area contributed by atoms with Gasteiger partial charge in [0.1, 0.15) is 5.75 Å².